The molecular weight excluding hydrogens is 274 g/mol. The lowest BCUT2D eigenvalue weighted by Crippen LogP contribution is -2.55. The number of likely N-dealkylation sites (tertiary alicyclic amines) is 1. The summed E-state index contributed by atoms with van der Waals surface area (Å²) in [5.74, 6) is -0.555. The highest BCUT2D eigenvalue weighted by atomic mass is 16.6. The second kappa shape index (κ2) is 5.66. The summed E-state index contributed by atoms with van der Waals surface area (Å²) >= 11 is 0. The number of rotatable bonds is 1. The molecule has 0 spiro atoms. The Morgan fingerprint density at radius 3 is 2.52 bits per heavy atom. The molecule has 1 aliphatic heterocycles. The normalized spacial score (nSPS) is 29.8. The number of Topliss-reactive ketones (excluding diaryl/α,β-unsaturated/α-hetero) is 1. The van der Waals surface area contributed by atoms with Crippen molar-refractivity contribution in [3.05, 3.63) is 0 Å². The first-order valence-electron chi connectivity index (χ1n) is 7.41. The molecular formula is C15H23NO5. The number of ketones is 1. The van der Waals surface area contributed by atoms with Crippen molar-refractivity contribution < 1.29 is 24.2 Å². The van der Waals surface area contributed by atoms with Gasteiger partial charge in [0.05, 0.1) is 0 Å². The zero-order chi connectivity index (χ0) is 15.8. The SMILES string of the molecule is CC(C)(C)OC(=O)N1C[C@@H]2CCC(=O)C[C@H]2C[C@H]1C(=O)O. The van der Waals surface area contributed by atoms with E-state index in [9.17, 15) is 19.5 Å². The molecule has 2 rings (SSSR count). The number of piperidine rings is 1. The molecule has 1 amide bonds. The summed E-state index contributed by atoms with van der Waals surface area (Å²) in [5.41, 5.74) is -0.653. The number of fused-ring (bicyclic) bond motifs is 1. The van der Waals surface area contributed by atoms with Crippen molar-refractivity contribution in [3.8, 4) is 0 Å². The van der Waals surface area contributed by atoms with Crippen LogP contribution in [0.3, 0.4) is 0 Å². The molecule has 0 radical (unpaired) electrons. The van der Waals surface area contributed by atoms with Crippen LogP contribution in [-0.4, -0.2) is 46.0 Å². The Bertz CT molecular complexity index is 453. The van der Waals surface area contributed by atoms with E-state index >= 15 is 0 Å². The predicted octanol–water partition coefficient (Wildman–Crippen LogP) is 2.07. The molecule has 6 nitrogen and oxygen atoms in total. The van der Waals surface area contributed by atoms with Gasteiger partial charge in [-0.2, -0.15) is 0 Å². The number of carboxylic acid groups (broad SMARTS) is 1. The largest absolute Gasteiger partial charge is 0.480 e. The fraction of sp³-hybridized carbons (Fsp3) is 0.800. The van der Waals surface area contributed by atoms with Crippen molar-refractivity contribution in [1.29, 1.82) is 0 Å². The monoisotopic (exact) mass is 297 g/mol. The number of ether oxygens (including phenoxy) is 1. The topological polar surface area (TPSA) is 83.9 Å². The highest BCUT2D eigenvalue weighted by Gasteiger charge is 2.44. The first kappa shape index (κ1) is 15.8. The quantitative estimate of drug-likeness (QED) is 0.801. The number of carbonyl (C=O) groups is 3. The Kier molecular flexibility index (Phi) is 4.25. The van der Waals surface area contributed by atoms with Crippen molar-refractivity contribution in [1.82, 2.24) is 4.90 Å². The first-order valence-corrected chi connectivity index (χ1v) is 7.41. The van der Waals surface area contributed by atoms with E-state index in [1.807, 2.05) is 0 Å². The molecule has 0 aromatic carbocycles. The van der Waals surface area contributed by atoms with E-state index in [-0.39, 0.29) is 17.6 Å². The molecule has 1 N–H and O–H groups in total. The second-order valence-electron chi connectivity index (χ2n) is 7.02. The summed E-state index contributed by atoms with van der Waals surface area (Å²) in [4.78, 5) is 36.6. The summed E-state index contributed by atoms with van der Waals surface area (Å²) in [6.07, 6.45) is 1.46. The minimum Gasteiger partial charge on any atom is -0.480 e. The smallest absolute Gasteiger partial charge is 0.411 e. The summed E-state index contributed by atoms with van der Waals surface area (Å²) in [6.45, 7) is 5.63. The number of carboxylic acids is 1. The highest BCUT2D eigenvalue weighted by molar-refractivity contribution is 5.82. The fourth-order valence-corrected chi connectivity index (χ4v) is 3.21. The van der Waals surface area contributed by atoms with Crippen molar-refractivity contribution in [2.45, 2.75) is 58.1 Å². The molecule has 0 aromatic rings. The molecule has 1 saturated heterocycles. The van der Waals surface area contributed by atoms with E-state index in [0.29, 0.717) is 25.8 Å². The van der Waals surface area contributed by atoms with Gasteiger partial charge >= 0.3 is 12.1 Å². The molecule has 0 unspecified atom stereocenters. The standard InChI is InChI=1S/C15H23NO5/c1-15(2,3)21-14(20)16-8-9-4-5-11(17)6-10(9)7-12(16)13(18)19/h9-10,12H,4-8H2,1-3H3,(H,18,19)/t9-,10-,12-/m0/s1. The molecule has 118 valence electrons. The molecule has 2 fully saturated rings. The molecule has 0 bridgehead atoms. The van der Waals surface area contributed by atoms with E-state index < -0.39 is 23.7 Å². The highest BCUT2D eigenvalue weighted by Crippen LogP contribution is 2.37. The van der Waals surface area contributed by atoms with Gasteiger partial charge in [0.15, 0.2) is 0 Å². The zero-order valence-electron chi connectivity index (χ0n) is 12.8. The van der Waals surface area contributed by atoms with E-state index in [0.717, 1.165) is 6.42 Å². The van der Waals surface area contributed by atoms with Gasteiger partial charge in [-0.1, -0.05) is 0 Å². The second-order valence-corrected chi connectivity index (χ2v) is 7.02. The van der Waals surface area contributed by atoms with E-state index in [4.69, 9.17) is 4.74 Å². The lowest BCUT2D eigenvalue weighted by Gasteiger charge is -2.44. The van der Waals surface area contributed by atoms with Crippen LogP contribution in [0.5, 0.6) is 0 Å². The third-order valence-electron chi connectivity index (χ3n) is 4.20. The molecule has 0 aromatic heterocycles. The lowest BCUT2D eigenvalue weighted by molar-refractivity contribution is -0.147. The van der Waals surface area contributed by atoms with Gasteiger partial charge in [-0.15, -0.1) is 0 Å². The van der Waals surface area contributed by atoms with Gasteiger partial charge in [0.1, 0.15) is 17.4 Å². The molecule has 1 saturated carbocycles. The number of hydrogen-bond donors (Lipinski definition) is 1. The molecule has 6 heteroatoms. The van der Waals surface area contributed by atoms with E-state index in [1.54, 1.807) is 20.8 Å². The van der Waals surface area contributed by atoms with Crippen LogP contribution >= 0.6 is 0 Å². The number of nitrogens with zero attached hydrogens (tertiary/aromatic N) is 1. The number of hydrogen-bond acceptors (Lipinski definition) is 4. The summed E-state index contributed by atoms with van der Waals surface area (Å²) in [5, 5.41) is 9.38. The van der Waals surface area contributed by atoms with Crippen molar-refractivity contribution in [2.75, 3.05) is 6.54 Å². The summed E-state index contributed by atoms with van der Waals surface area (Å²) < 4.78 is 5.32. The van der Waals surface area contributed by atoms with Gasteiger partial charge < -0.3 is 9.84 Å². The van der Waals surface area contributed by atoms with Crippen LogP contribution < -0.4 is 0 Å². The van der Waals surface area contributed by atoms with Crippen LogP contribution in [0.1, 0.15) is 46.5 Å². The molecule has 1 heterocycles. The van der Waals surface area contributed by atoms with Crippen molar-refractivity contribution in [2.24, 2.45) is 11.8 Å². The minimum absolute atomic E-state index is 0.0750. The van der Waals surface area contributed by atoms with Gasteiger partial charge in [0, 0.05) is 19.4 Å². The van der Waals surface area contributed by atoms with E-state index in [2.05, 4.69) is 0 Å². The fourth-order valence-electron chi connectivity index (χ4n) is 3.21. The van der Waals surface area contributed by atoms with Crippen LogP contribution in [0.25, 0.3) is 0 Å². The maximum atomic E-state index is 12.2. The number of carbonyl (C=O) groups excluding carboxylic acids is 2. The van der Waals surface area contributed by atoms with Crippen LogP contribution in [-0.2, 0) is 14.3 Å². The molecule has 1 aliphatic carbocycles. The minimum atomic E-state index is -1.03. The lowest BCUT2D eigenvalue weighted by atomic mass is 9.72. The summed E-state index contributed by atoms with van der Waals surface area (Å²) in [7, 11) is 0. The zero-order valence-corrected chi connectivity index (χ0v) is 12.8. The maximum absolute atomic E-state index is 12.2. The van der Waals surface area contributed by atoms with Crippen molar-refractivity contribution >= 4 is 17.8 Å². The molecule has 3 atom stereocenters. The van der Waals surface area contributed by atoms with Gasteiger partial charge in [-0.3, -0.25) is 9.69 Å². The maximum Gasteiger partial charge on any atom is 0.411 e. The Labute approximate surface area is 124 Å². The van der Waals surface area contributed by atoms with Gasteiger partial charge in [0.25, 0.3) is 0 Å². The third-order valence-corrected chi connectivity index (χ3v) is 4.20. The Hall–Kier alpha value is -1.59. The molecule has 21 heavy (non-hydrogen) atoms. The van der Waals surface area contributed by atoms with Crippen molar-refractivity contribution in [3.63, 3.8) is 0 Å². The Balaban J connectivity index is 2.14. The average molecular weight is 297 g/mol. The van der Waals surface area contributed by atoms with Gasteiger partial charge in [-0.05, 0) is 45.4 Å². The third kappa shape index (κ3) is 3.74. The molecule has 2 aliphatic rings. The predicted molar refractivity (Wildman–Crippen MR) is 74.8 cm³/mol. The van der Waals surface area contributed by atoms with Gasteiger partial charge in [-0.25, -0.2) is 9.59 Å². The number of amides is 1. The van der Waals surface area contributed by atoms with E-state index in [1.165, 1.54) is 4.90 Å². The Morgan fingerprint density at radius 2 is 1.95 bits per heavy atom. The van der Waals surface area contributed by atoms with Gasteiger partial charge in [0.2, 0.25) is 0 Å². The van der Waals surface area contributed by atoms with Crippen LogP contribution in [0.4, 0.5) is 4.79 Å². The van der Waals surface area contributed by atoms with Crippen LogP contribution in [0.2, 0.25) is 0 Å². The summed E-state index contributed by atoms with van der Waals surface area (Å²) in [6, 6.07) is -0.896. The van der Waals surface area contributed by atoms with Crippen LogP contribution in [0.15, 0.2) is 0 Å². The average Bonchev–Trinajstić information content (AvgIpc) is 2.34. The number of aliphatic carboxylic acids is 1. The Morgan fingerprint density at radius 1 is 1.29 bits per heavy atom. The van der Waals surface area contributed by atoms with Crippen LogP contribution in [0, 0.1) is 11.8 Å². The first-order chi connectivity index (χ1) is 9.67.